The van der Waals surface area contributed by atoms with Crippen molar-refractivity contribution in [2.45, 2.75) is 46.5 Å². The first-order chi connectivity index (χ1) is 12.6. The number of carbonyl (C=O) groups excluding carboxylic acids is 2. The van der Waals surface area contributed by atoms with Gasteiger partial charge in [-0.2, -0.15) is 0 Å². The Morgan fingerprint density at radius 3 is 1.85 bits per heavy atom. The van der Waals surface area contributed by atoms with E-state index in [1.807, 2.05) is 7.05 Å². The minimum Gasteiger partial charge on any atom is -0.379 e. The predicted octanol–water partition coefficient (Wildman–Crippen LogP) is 1.79. The third-order valence-corrected chi connectivity index (χ3v) is 3.49. The van der Waals surface area contributed by atoms with Gasteiger partial charge in [-0.05, 0) is 32.4 Å². The van der Waals surface area contributed by atoms with Gasteiger partial charge in [0.1, 0.15) is 6.29 Å². The first-order valence-electron chi connectivity index (χ1n) is 9.64. The molecule has 156 valence electrons. The van der Waals surface area contributed by atoms with Crippen molar-refractivity contribution in [1.82, 2.24) is 10.6 Å². The van der Waals surface area contributed by atoms with Crippen LogP contribution in [-0.2, 0) is 23.8 Å². The zero-order valence-electron chi connectivity index (χ0n) is 17.2. The molecule has 0 fully saturated rings. The molecule has 0 bridgehead atoms. The van der Waals surface area contributed by atoms with Gasteiger partial charge in [-0.15, -0.1) is 0 Å². The zero-order chi connectivity index (χ0) is 19.9. The SMILES string of the molecule is CCC(C)CC=O.CNCCCOCCOCCOCCCNC(C)=O. The van der Waals surface area contributed by atoms with Gasteiger partial charge in [-0.1, -0.05) is 20.3 Å². The second-order valence-electron chi connectivity index (χ2n) is 6.05. The van der Waals surface area contributed by atoms with E-state index in [2.05, 4.69) is 24.5 Å². The van der Waals surface area contributed by atoms with Crippen molar-refractivity contribution in [2.24, 2.45) is 5.92 Å². The highest BCUT2D eigenvalue weighted by molar-refractivity contribution is 5.72. The Balaban J connectivity index is 0. The highest BCUT2D eigenvalue weighted by atomic mass is 16.5. The van der Waals surface area contributed by atoms with Crippen LogP contribution in [0.4, 0.5) is 0 Å². The summed E-state index contributed by atoms with van der Waals surface area (Å²) in [6.45, 7) is 11.1. The van der Waals surface area contributed by atoms with Crippen molar-refractivity contribution >= 4 is 12.2 Å². The molecule has 0 spiro atoms. The van der Waals surface area contributed by atoms with Gasteiger partial charge in [-0.25, -0.2) is 0 Å². The summed E-state index contributed by atoms with van der Waals surface area (Å²) in [5, 5.41) is 5.78. The first kappa shape index (κ1) is 27.2. The maximum Gasteiger partial charge on any atom is 0.216 e. The van der Waals surface area contributed by atoms with Crippen LogP contribution in [0, 0.1) is 5.92 Å². The van der Waals surface area contributed by atoms with E-state index in [0.29, 0.717) is 45.5 Å². The standard InChI is InChI=1S/C13H28N2O4.C6H12O/c1-13(16)15-6-4-8-18-10-12-19-11-9-17-7-3-5-14-2;1-3-6(2)4-5-7/h14H,3-12H2,1-2H3,(H,15,16);5-6H,3-4H2,1-2H3. The van der Waals surface area contributed by atoms with Crippen LogP contribution in [0.5, 0.6) is 0 Å². The van der Waals surface area contributed by atoms with Crippen molar-refractivity contribution in [1.29, 1.82) is 0 Å². The quantitative estimate of drug-likeness (QED) is 0.297. The molecule has 1 amide bonds. The summed E-state index contributed by atoms with van der Waals surface area (Å²) < 4.78 is 16.1. The van der Waals surface area contributed by atoms with Crippen LogP contribution in [0.1, 0.15) is 46.5 Å². The van der Waals surface area contributed by atoms with E-state index >= 15 is 0 Å². The molecule has 2 N–H and O–H groups in total. The monoisotopic (exact) mass is 376 g/mol. The molecule has 1 atom stereocenters. The second-order valence-corrected chi connectivity index (χ2v) is 6.05. The molecule has 0 aliphatic rings. The minimum atomic E-state index is -0.00180. The lowest BCUT2D eigenvalue weighted by Gasteiger charge is -2.07. The maximum absolute atomic E-state index is 10.6. The normalized spacial score (nSPS) is 11.4. The maximum atomic E-state index is 10.6. The number of ether oxygens (including phenoxy) is 3. The smallest absolute Gasteiger partial charge is 0.216 e. The van der Waals surface area contributed by atoms with Crippen LogP contribution < -0.4 is 10.6 Å². The lowest BCUT2D eigenvalue weighted by atomic mass is 10.1. The molecular formula is C19H40N2O5. The highest BCUT2D eigenvalue weighted by Crippen LogP contribution is 2.01. The van der Waals surface area contributed by atoms with Crippen molar-refractivity contribution in [2.75, 3.05) is 59.8 Å². The number of carbonyl (C=O) groups is 2. The van der Waals surface area contributed by atoms with Crippen molar-refractivity contribution in [3.63, 3.8) is 0 Å². The van der Waals surface area contributed by atoms with Crippen molar-refractivity contribution in [3.8, 4) is 0 Å². The van der Waals surface area contributed by atoms with Gasteiger partial charge >= 0.3 is 0 Å². The van der Waals surface area contributed by atoms with Gasteiger partial charge in [0.2, 0.25) is 5.91 Å². The number of rotatable bonds is 17. The van der Waals surface area contributed by atoms with E-state index in [1.54, 1.807) is 0 Å². The summed E-state index contributed by atoms with van der Waals surface area (Å²) in [6, 6.07) is 0. The molecule has 0 radical (unpaired) electrons. The van der Waals surface area contributed by atoms with E-state index < -0.39 is 0 Å². The highest BCUT2D eigenvalue weighted by Gasteiger charge is 1.94. The Hall–Kier alpha value is -1.02. The summed E-state index contributed by atoms with van der Waals surface area (Å²) in [4.78, 5) is 20.3. The average molecular weight is 377 g/mol. The molecular weight excluding hydrogens is 336 g/mol. The molecule has 7 nitrogen and oxygen atoms in total. The van der Waals surface area contributed by atoms with Crippen LogP contribution in [-0.4, -0.2) is 72.0 Å². The Morgan fingerprint density at radius 1 is 0.962 bits per heavy atom. The van der Waals surface area contributed by atoms with Crippen LogP contribution >= 0.6 is 0 Å². The lowest BCUT2D eigenvalue weighted by molar-refractivity contribution is -0.119. The van der Waals surface area contributed by atoms with Crippen LogP contribution in [0.2, 0.25) is 0 Å². The Labute approximate surface area is 159 Å². The lowest BCUT2D eigenvalue weighted by Crippen LogP contribution is -2.22. The van der Waals surface area contributed by atoms with Gasteiger partial charge < -0.3 is 29.6 Å². The van der Waals surface area contributed by atoms with Crippen LogP contribution in [0.15, 0.2) is 0 Å². The molecule has 0 saturated carbocycles. The summed E-state index contributed by atoms with van der Waals surface area (Å²) >= 11 is 0. The predicted molar refractivity (Wildman–Crippen MR) is 104 cm³/mol. The number of aldehydes is 1. The van der Waals surface area contributed by atoms with Crippen LogP contribution in [0.3, 0.4) is 0 Å². The van der Waals surface area contributed by atoms with E-state index in [-0.39, 0.29) is 5.91 Å². The van der Waals surface area contributed by atoms with E-state index in [4.69, 9.17) is 14.2 Å². The molecule has 0 heterocycles. The largest absolute Gasteiger partial charge is 0.379 e. The minimum absolute atomic E-state index is 0.00180. The zero-order valence-corrected chi connectivity index (χ0v) is 17.2. The number of amides is 1. The molecule has 0 aromatic heterocycles. The van der Waals surface area contributed by atoms with Gasteiger partial charge in [0.25, 0.3) is 0 Å². The molecule has 0 saturated heterocycles. The summed E-state index contributed by atoms with van der Waals surface area (Å²) in [5.74, 6) is 0.579. The van der Waals surface area contributed by atoms with Crippen LogP contribution in [0.25, 0.3) is 0 Å². The molecule has 0 aromatic carbocycles. The van der Waals surface area contributed by atoms with Crippen molar-refractivity contribution < 1.29 is 23.8 Å². The summed E-state index contributed by atoms with van der Waals surface area (Å²) in [6.07, 6.45) is 4.66. The molecule has 7 heteroatoms. The van der Waals surface area contributed by atoms with E-state index in [0.717, 1.165) is 45.1 Å². The topological polar surface area (TPSA) is 85.9 Å². The Kier molecular flexibility index (Phi) is 25.1. The number of hydrogen-bond donors (Lipinski definition) is 2. The fraction of sp³-hybridized carbons (Fsp3) is 0.895. The van der Waals surface area contributed by atoms with Gasteiger partial charge in [-0.3, -0.25) is 4.79 Å². The number of hydrogen-bond acceptors (Lipinski definition) is 6. The van der Waals surface area contributed by atoms with E-state index in [9.17, 15) is 9.59 Å². The molecule has 1 unspecified atom stereocenters. The molecule has 0 rings (SSSR count). The fourth-order valence-electron chi connectivity index (χ4n) is 1.66. The molecule has 0 aromatic rings. The Morgan fingerprint density at radius 2 is 1.46 bits per heavy atom. The van der Waals surface area contributed by atoms with Crippen molar-refractivity contribution in [3.05, 3.63) is 0 Å². The molecule has 0 aliphatic carbocycles. The summed E-state index contributed by atoms with van der Waals surface area (Å²) in [5.41, 5.74) is 0. The average Bonchev–Trinajstić information content (AvgIpc) is 2.62. The molecule has 0 aliphatic heterocycles. The van der Waals surface area contributed by atoms with Gasteiger partial charge in [0.05, 0.1) is 26.4 Å². The Bertz CT molecular complexity index is 304. The first-order valence-corrected chi connectivity index (χ1v) is 9.64. The molecule has 26 heavy (non-hydrogen) atoms. The fourth-order valence-corrected chi connectivity index (χ4v) is 1.66. The summed E-state index contributed by atoms with van der Waals surface area (Å²) in [7, 11) is 1.93. The number of nitrogens with one attached hydrogen (secondary N) is 2. The third kappa shape index (κ3) is 27.8. The van der Waals surface area contributed by atoms with Gasteiger partial charge in [0, 0.05) is 33.1 Å². The second kappa shape index (κ2) is 24.0. The van der Waals surface area contributed by atoms with Gasteiger partial charge in [0.15, 0.2) is 0 Å². The van der Waals surface area contributed by atoms with E-state index in [1.165, 1.54) is 6.92 Å². The third-order valence-electron chi connectivity index (χ3n) is 3.49.